The first kappa shape index (κ1) is 19.9. The number of benzene rings is 2. The lowest BCUT2D eigenvalue weighted by Gasteiger charge is -2.11. The third-order valence-corrected chi connectivity index (χ3v) is 4.74. The Labute approximate surface area is 175 Å². The Kier molecular flexibility index (Phi) is 5.41. The highest BCUT2D eigenvalue weighted by Gasteiger charge is 2.33. The van der Waals surface area contributed by atoms with Gasteiger partial charge in [0.2, 0.25) is 0 Å². The Balaban J connectivity index is 1.62. The number of anilines is 1. The molecule has 2 aromatic heterocycles. The van der Waals surface area contributed by atoms with Crippen LogP contribution in [0.15, 0.2) is 73.3 Å². The second-order valence-electron chi connectivity index (χ2n) is 6.43. The summed E-state index contributed by atoms with van der Waals surface area (Å²) in [5.41, 5.74) is 1.89. The molecule has 0 atom stereocenters. The third kappa shape index (κ3) is 4.28. The van der Waals surface area contributed by atoms with Crippen LogP contribution in [0.25, 0.3) is 17.1 Å². The van der Waals surface area contributed by atoms with Gasteiger partial charge in [0.15, 0.2) is 5.82 Å². The molecule has 30 heavy (non-hydrogen) atoms. The number of hydrogen-bond acceptors (Lipinski definition) is 4. The van der Waals surface area contributed by atoms with Crippen molar-refractivity contribution < 1.29 is 13.2 Å². The molecule has 0 aliphatic rings. The van der Waals surface area contributed by atoms with Crippen LogP contribution in [0.1, 0.15) is 11.1 Å². The van der Waals surface area contributed by atoms with Gasteiger partial charge in [-0.15, -0.1) is 5.10 Å². The molecule has 5 nitrogen and oxygen atoms in total. The average Bonchev–Trinajstić information content (AvgIpc) is 3.23. The quantitative estimate of drug-likeness (QED) is 0.447. The van der Waals surface area contributed by atoms with E-state index in [0.29, 0.717) is 12.4 Å². The molecule has 0 aliphatic carbocycles. The molecule has 0 radical (unpaired) electrons. The fraction of sp³-hybridized carbons (Fsp3) is 0.0952. The van der Waals surface area contributed by atoms with E-state index < -0.39 is 11.7 Å². The van der Waals surface area contributed by atoms with Crippen molar-refractivity contribution >= 4 is 17.3 Å². The van der Waals surface area contributed by atoms with E-state index in [1.165, 1.54) is 23.1 Å². The second-order valence-corrected chi connectivity index (χ2v) is 6.84. The molecule has 4 aromatic rings. The average molecular weight is 430 g/mol. The maximum Gasteiger partial charge on any atom is 0.417 e. The fourth-order valence-electron chi connectivity index (χ4n) is 2.91. The summed E-state index contributed by atoms with van der Waals surface area (Å²) < 4.78 is 40.7. The van der Waals surface area contributed by atoms with Gasteiger partial charge in [-0.1, -0.05) is 23.7 Å². The summed E-state index contributed by atoms with van der Waals surface area (Å²) in [5, 5.41) is 7.33. The number of nitrogens with zero attached hydrogens (tertiary/aromatic N) is 4. The number of alkyl halides is 3. The van der Waals surface area contributed by atoms with Crippen molar-refractivity contribution in [2.75, 3.05) is 5.32 Å². The van der Waals surface area contributed by atoms with Crippen molar-refractivity contribution in [2.24, 2.45) is 0 Å². The summed E-state index contributed by atoms with van der Waals surface area (Å²) in [6.07, 6.45) is 0.249. The number of para-hydroxylation sites is 1. The first-order valence-corrected chi connectivity index (χ1v) is 9.30. The van der Waals surface area contributed by atoms with Gasteiger partial charge in [-0.2, -0.15) is 13.2 Å². The van der Waals surface area contributed by atoms with Crippen LogP contribution in [0.4, 0.5) is 18.9 Å². The smallest absolute Gasteiger partial charge is 0.380 e. The van der Waals surface area contributed by atoms with Gasteiger partial charge in [-0.05, 0) is 48.0 Å². The summed E-state index contributed by atoms with van der Waals surface area (Å²) in [6, 6.07) is 14.9. The largest absolute Gasteiger partial charge is 0.417 e. The molecular weight excluding hydrogens is 415 g/mol. The maximum atomic E-state index is 13.2. The molecule has 0 fully saturated rings. The molecule has 9 heteroatoms. The third-order valence-electron chi connectivity index (χ3n) is 4.41. The molecule has 0 spiro atoms. The van der Waals surface area contributed by atoms with Gasteiger partial charge < -0.3 is 5.32 Å². The maximum absolute atomic E-state index is 13.2. The molecule has 2 aromatic carbocycles. The summed E-state index contributed by atoms with van der Waals surface area (Å²) >= 11 is 5.70. The molecule has 0 aliphatic heterocycles. The number of nitrogens with one attached hydrogen (secondary N) is 1. The molecule has 0 amide bonds. The minimum Gasteiger partial charge on any atom is -0.380 e. The van der Waals surface area contributed by atoms with Gasteiger partial charge in [0, 0.05) is 30.2 Å². The molecule has 2 heterocycles. The highest BCUT2D eigenvalue weighted by atomic mass is 35.5. The van der Waals surface area contributed by atoms with E-state index in [-0.39, 0.29) is 10.7 Å². The van der Waals surface area contributed by atoms with Crippen molar-refractivity contribution in [1.29, 1.82) is 0 Å². The van der Waals surface area contributed by atoms with Crippen LogP contribution in [-0.2, 0) is 12.7 Å². The minimum atomic E-state index is -4.56. The van der Waals surface area contributed by atoms with E-state index in [4.69, 9.17) is 11.6 Å². The highest BCUT2D eigenvalue weighted by Crippen LogP contribution is 2.36. The summed E-state index contributed by atoms with van der Waals surface area (Å²) in [4.78, 5) is 8.27. The summed E-state index contributed by atoms with van der Waals surface area (Å²) in [5.74, 6) is 0.385. The monoisotopic (exact) mass is 429 g/mol. The molecular formula is C21H15ClF3N5. The second kappa shape index (κ2) is 8.16. The Hall–Kier alpha value is -3.39. The zero-order valence-electron chi connectivity index (χ0n) is 15.4. The lowest BCUT2D eigenvalue weighted by atomic mass is 10.1. The number of aromatic nitrogens is 4. The van der Waals surface area contributed by atoms with Crippen LogP contribution >= 0.6 is 11.6 Å². The Morgan fingerprint density at radius 1 is 1.00 bits per heavy atom. The van der Waals surface area contributed by atoms with Gasteiger partial charge in [-0.3, -0.25) is 4.98 Å². The van der Waals surface area contributed by atoms with Crippen molar-refractivity contribution in [3.8, 4) is 17.1 Å². The lowest BCUT2D eigenvalue weighted by Crippen LogP contribution is -2.07. The highest BCUT2D eigenvalue weighted by molar-refractivity contribution is 6.31. The molecule has 4 rings (SSSR count). The molecule has 1 N–H and O–H groups in total. The summed E-state index contributed by atoms with van der Waals surface area (Å²) in [7, 11) is 0. The van der Waals surface area contributed by atoms with Gasteiger partial charge >= 0.3 is 6.18 Å². The van der Waals surface area contributed by atoms with Gasteiger partial charge in [0.05, 0.1) is 16.3 Å². The summed E-state index contributed by atoms with van der Waals surface area (Å²) in [6.45, 7) is 0.576. The first-order chi connectivity index (χ1) is 14.4. The van der Waals surface area contributed by atoms with Crippen LogP contribution in [-0.4, -0.2) is 19.7 Å². The van der Waals surface area contributed by atoms with Crippen LogP contribution in [0.5, 0.6) is 0 Å². The molecule has 0 saturated carbocycles. The van der Waals surface area contributed by atoms with E-state index in [2.05, 4.69) is 20.4 Å². The van der Waals surface area contributed by atoms with Crippen LogP contribution in [0.2, 0.25) is 5.02 Å². The van der Waals surface area contributed by atoms with Crippen LogP contribution in [0, 0.1) is 0 Å². The van der Waals surface area contributed by atoms with Crippen molar-refractivity contribution in [1.82, 2.24) is 19.7 Å². The van der Waals surface area contributed by atoms with Crippen LogP contribution in [0.3, 0.4) is 0 Å². The zero-order chi connectivity index (χ0) is 21.1. The van der Waals surface area contributed by atoms with E-state index in [9.17, 15) is 13.2 Å². The number of halogens is 4. The van der Waals surface area contributed by atoms with Gasteiger partial charge in [-0.25, -0.2) is 9.67 Å². The first-order valence-electron chi connectivity index (χ1n) is 8.93. The van der Waals surface area contributed by atoms with E-state index in [0.717, 1.165) is 22.9 Å². The van der Waals surface area contributed by atoms with Crippen molar-refractivity contribution in [2.45, 2.75) is 12.7 Å². The number of pyridine rings is 1. The number of hydrogen-bond donors (Lipinski definition) is 1. The Bertz CT molecular complexity index is 1160. The van der Waals surface area contributed by atoms with Crippen molar-refractivity contribution in [3.05, 3.63) is 89.5 Å². The molecule has 0 unspecified atom stereocenters. The van der Waals surface area contributed by atoms with E-state index >= 15 is 0 Å². The fourth-order valence-corrected chi connectivity index (χ4v) is 3.14. The predicted octanol–water partition coefficient (Wildman–Crippen LogP) is 5.61. The minimum absolute atomic E-state index is 0.215. The number of rotatable bonds is 5. The van der Waals surface area contributed by atoms with E-state index in [1.807, 2.05) is 36.4 Å². The van der Waals surface area contributed by atoms with E-state index in [1.54, 1.807) is 12.4 Å². The molecule has 0 bridgehead atoms. The van der Waals surface area contributed by atoms with Crippen LogP contribution < -0.4 is 5.32 Å². The lowest BCUT2D eigenvalue weighted by molar-refractivity contribution is -0.137. The molecule has 152 valence electrons. The van der Waals surface area contributed by atoms with Crippen molar-refractivity contribution in [3.63, 3.8) is 0 Å². The Morgan fingerprint density at radius 2 is 1.77 bits per heavy atom. The predicted molar refractivity (Wildman–Crippen MR) is 108 cm³/mol. The normalized spacial score (nSPS) is 11.5. The molecule has 0 saturated heterocycles. The topological polar surface area (TPSA) is 55.6 Å². The Morgan fingerprint density at radius 3 is 2.53 bits per heavy atom. The van der Waals surface area contributed by atoms with Gasteiger partial charge in [0.1, 0.15) is 6.33 Å². The zero-order valence-corrected chi connectivity index (χ0v) is 16.2. The SMILES string of the molecule is FC(F)(F)c1cc(-n2cnc(-c3ccccc3NCc3ccncc3)n2)ccc1Cl. The standard InChI is InChI=1S/C21H15ClF3N5/c22-18-6-5-15(11-17(18)21(23,24)25)30-13-28-20(29-30)16-3-1-2-4-19(16)27-12-14-7-9-26-10-8-14/h1-11,13,27H,12H2. The van der Waals surface area contributed by atoms with Gasteiger partial charge in [0.25, 0.3) is 0 Å².